The first-order valence-electron chi connectivity index (χ1n) is 5.98. The molecular formula is C13H20FN3O2. The molecule has 1 unspecified atom stereocenters. The van der Waals surface area contributed by atoms with Gasteiger partial charge in [0.1, 0.15) is 5.82 Å². The molecule has 0 fully saturated rings. The van der Waals surface area contributed by atoms with E-state index in [-0.39, 0.29) is 11.9 Å². The lowest BCUT2D eigenvalue weighted by atomic mass is 10.1. The maximum absolute atomic E-state index is 13.7. The summed E-state index contributed by atoms with van der Waals surface area (Å²) in [7, 11) is 3.50. The van der Waals surface area contributed by atoms with E-state index in [1.807, 2.05) is 24.3 Å². The zero-order valence-corrected chi connectivity index (χ0v) is 11.4. The summed E-state index contributed by atoms with van der Waals surface area (Å²) in [6.07, 6.45) is 0. The van der Waals surface area contributed by atoms with Crippen LogP contribution in [0.25, 0.3) is 0 Å². The van der Waals surface area contributed by atoms with Gasteiger partial charge in [0, 0.05) is 30.8 Å². The Kier molecular flexibility index (Phi) is 5.88. The van der Waals surface area contributed by atoms with Crippen molar-refractivity contribution < 1.29 is 13.9 Å². The fraction of sp³-hybridized carbons (Fsp3) is 0.462. The second kappa shape index (κ2) is 7.18. The van der Waals surface area contributed by atoms with E-state index < -0.39 is 5.91 Å². The molecule has 5 nitrogen and oxygen atoms in total. The molecule has 0 saturated heterocycles. The Morgan fingerprint density at radius 3 is 2.84 bits per heavy atom. The van der Waals surface area contributed by atoms with Crippen molar-refractivity contribution in [2.24, 2.45) is 5.84 Å². The Morgan fingerprint density at radius 1 is 1.58 bits per heavy atom. The molecule has 0 aliphatic carbocycles. The SMILES string of the molecule is COCC(C)N(C)Cc1cc(C(=O)NN)ccc1F. The number of nitrogens with zero attached hydrogens (tertiary/aromatic N) is 1. The van der Waals surface area contributed by atoms with Crippen molar-refractivity contribution in [2.45, 2.75) is 19.5 Å². The number of methoxy groups -OCH3 is 1. The van der Waals surface area contributed by atoms with E-state index in [1.165, 1.54) is 18.2 Å². The lowest BCUT2D eigenvalue weighted by Gasteiger charge is -2.24. The summed E-state index contributed by atoms with van der Waals surface area (Å²) in [6, 6.07) is 4.33. The minimum Gasteiger partial charge on any atom is -0.383 e. The minimum absolute atomic E-state index is 0.149. The van der Waals surface area contributed by atoms with Crippen LogP contribution in [-0.2, 0) is 11.3 Å². The van der Waals surface area contributed by atoms with Gasteiger partial charge in [0.15, 0.2) is 0 Å². The van der Waals surface area contributed by atoms with Crippen LogP contribution in [0.2, 0.25) is 0 Å². The molecule has 1 aromatic carbocycles. The highest BCUT2D eigenvalue weighted by molar-refractivity contribution is 5.93. The number of nitrogens with two attached hydrogens (primary N) is 1. The van der Waals surface area contributed by atoms with Crippen LogP contribution < -0.4 is 11.3 Å². The van der Waals surface area contributed by atoms with Gasteiger partial charge in [-0.2, -0.15) is 0 Å². The summed E-state index contributed by atoms with van der Waals surface area (Å²) in [5, 5.41) is 0. The molecule has 0 aliphatic rings. The van der Waals surface area contributed by atoms with Crippen molar-refractivity contribution in [3.8, 4) is 0 Å². The Labute approximate surface area is 112 Å². The fourth-order valence-corrected chi connectivity index (χ4v) is 1.71. The number of amides is 1. The van der Waals surface area contributed by atoms with E-state index in [2.05, 4.69) is 0 Å². The van der Waals surface area contributed by atoms with Crippen LogP contribution in [0, 0.1) is 5.82 Å². The molecule has 1 atom stereocenters. The number of rotatable bonds is 6. The van der Waals surface area contributed by atoms with E-state index in [0.717, 1.165) is 0 Å². The molecule has 0 heterocycles. The first-order valence-corrected chi connectivity index (χ1v) is 5.98. The first-order chi connectivity index (χ1) is 8.99. The highest BCUT2D eigenvalue weighted by Gasteiger charge is 2.14. The molecule has 0 aromatic heterocycles. The molecule has 0 spiro atoms. The topological polar surface area (TPSA) is 67.6 Å². The van der Waals surface area contributed by atoms with Crippen molar-refractivity contribution in [1.82, 2.24) is 10.3 Å². The molecule has 3 N–H and O–H groups in total. The highest BCUT2D eigenvalue weighted by Crippen LogP contribution is 2.14. The average Bonchev–Trinajstić information content (AvgIpc) is 2.40. The number of carbonyl (C=O) groups is 1. The standard InChI is InChI=1S/C13H20FN3O2/c1-9(8-19-3)17(2)7-11-6-10(13(18)16-15)4-5-12(11)14/h4-6,9H,7-8,15H2,1-3H3,(H,16,18). The van der Waals surface area contributed by atoms with E-state index in [4.69, 9.17) is 10.6 Å². The lowest BCUT2D eigenvalue weighted by Crippen LogP contribution is -2.33. The number of hydrogen-bond donors (Lipinski definition) is 2. The van der Waals surface area contributed by atoms with Gasteiger partial charge in [0.2, 0.25) is 0 Å². The van der Waals surface area contributed by atoms with Gasteiger partial charge in [-0.05, 0) is 32.2 Å². The van der Waals surface area contributed by atoms with Crippen molar-refractivity contribution in [3.63, 3.8) is 0 Å². The van der Waals surface area contributed by atoms with Crippen LogP contribution in [0.4, 0.5) is 4.39 Å². The minimum atomic E-state index is -0.436. The number of likely N-dealkylation sites (N-methyl/N-ethyl adjacent to an activating group) is 1. The third kappa shape index (κ3) is 4.27. The second-order valence-electron chi connectivity index (χ2n) is 4.50. The van der Waals surface area contributed by atoms with Gasteiger partial charge in [-0.1, -0.05) is 0 Å². The quantitative estimate of drug-likeness (QED) is 0.457. The molecular weight excluding hydrogens is 249 g/mol. The molecule has 6 heteroatoms. The number of hydrogen-bond acceptors (Lipinski definition) is 4. The zero-order chi connectivity index (χ0) is 14.4. The molecule has 1 amide bonds. The van der Waals surface area contributed by atoms with Gasteiger partial charge in [-0.25, -0.2) is 10.2 Å². The van der Waals surface area contributed by atoms with E-state index >= 15 is 0 Å². The van der Waals surface area contributed by atoms with Gasteiger partial charge in [0.05, 0.1) is 6.61 Å². The largest absolute Gasteiger partial charge is 0.383 e. The number of ether oxygens (including phenoxy) is 1. The van der Waals surface area contributed by atoms with Crippen LogP contribution in [-0.4, -0.2) is 37.6 Å². The first kappa shape index (κ1) is 15.6. The van der Waals surface area contributed by atoms with Gasteiger partial charge in [-0.15, -0.1) is 0 Å². The van der Waals surface area contributed by atoms with Crippen LogP contribution in [0.5, 0.6) is 0 Å². The number of nitrogens with one attached hydrogen (secondary N) is 1. The van der Waals surface area contributed by atoms with Crippen LogP contribution in [0.15, 0.2) is 18.2 Å². The van der Waals surface area contributed by atoms with Gasteiger partial charge in [-0.3, -0.25) is 15.1 Å². The molecule has 1 rings (SSSR count). The number of nitrogen functional groups attached to an aromatic ring is 1. The molecule has 0 saturated carbocycles. The van der Waals surface area contributed by atoms with Crippen LogP contribution in [0.3, 0.4) is 0 Å². The monoisotopic (exact) mass is 269 g/mol. The van der Waals surface area contributed by atoms with Crippen molar-refractivity contribution in [2.75, 3.05) is 20.8 Å². The summed E-state index contributed by atoms with van der Waals surface area (Å²) >= 11 is 0. The van der Waals surface area contributed by atoms with Gasteiger partial charge < -0.3 is 4.74 Å². The predicted octanol–water partition coefficient (Wildman–Crippen LogP) is 0.896. The lowest BCUT2D eigenvalue weighted by molar-refractivity contribution is 0.0953. The summed E-state index contributed by atoms with van der Waals surface area (Å²) in [5.74, 6) is 4.28. The second-order valence-corrected chi connectivity index (χ2v) is 4.50. The van der Waals surface area contributed by atoms with Crippen molar-refractivity contribution in [1.29, 1.82) is 0 Å². The zero-order valence-electron chi connectivity index (χ0n) is 11.4. The molecule has 0 bridgehead atoms. The van der Waals surface area contributed by atoms with E-state index in [0.29, 0.717) is 24.3 Å². The number of hydrazine groups is 1. The van der Waals surface area contributed by atoms with Gasteiger partial charge in [0.25, 0.3) is 5.91 Å². The van der Waals surface area contributed by atoms with Crippen molar-refractivity contribution >= 4 is 5.91 Å². The summed E-state index contributed by atoms with van der Waals surface area (Å²) in [5.41, 5.74) is 2.82. The van der Waals surface area contributed by atoms with E-state index in [1.54, 1.807) is 7.11 Å². The highest BCUT2D eigenvalue weighted by atomic mass is 19.1. The fourth-order valence-electron chi connectivity index (χ4n) is 1.71. The summed E-state index contributed by atoms with van der Waals surface area (Å²) in [4.78, 5) is 13.4. The molecule has 0 radical (unpaired) electrons. The van der Waals surface area contributed by atoms with Crippen LogP contribution in [0.1, 0.15) is 22.8 Å². The third-order valence-corrected chi connectivity index (χ3v) is 3.02. The van der Waals surface area contributed by atoms with Gasteiger partial charge >= 0.3 is 0 Å². The maximum atomic E-state index is 13.7. The number of benzene rings is 1. The Balaban J connectivity index is 2.85. The average molecular weight is 269 g/mol. The molecule has 0 aliphatic heterocycles. The number of halogens is 1. The Hall–Kier alpha value is -1.50. The Bertz CT molecular complexity index is 440. The van der Waals surface area contributed by atoms with E-state index in [9.17, 15) is 9.18 Å². The molecule has 19 heavy (non-hydrogen) atoms. The third-order valence-electron chi connectivity index (χ3n) is 3.02. The molecule has 106 valence electrons. The summed E-state index contributed by atoms with van der Waals surface area (Å²) in [6.45, 7) is 2.93. The number of carbonyl (C=O) groups excluding carboxylic acids is 1. The van der Waals surface area contributed by atoms with Crippen molar-refractivity contribution in [3.05, 3.63) is 35.1 Å². The molecule has 1 aromatic rings. The predicted molar refractivity (Wildman–Crippen MR) is 70.9 cm³/mol. The maximum Gasteiger partial charge on any atom is 0.265 e. The Morgan fingerprint density at radius 2 is 2.26 bits per heavy atom. The smallest absolute Gasteiger partial charge is 0.265 e. The normalized spacial score (nSPS) is 12.5. The van der Waals surface area contributed by atoms with Crippen LogP contribution >= 0.6 is 0 Å². The summed E-state index contributed by atoms with van der Waals surface area (Å²) < 4.78 is 18.8.